The molecule has 0 bridgehead atoms. The molecule has 1 aromatic heterocycles. The van der Waals surface area contributed by atoms with Gasteiger partial charge in [-0.3, -0.25) is 9.59 Å². The Balaban J connectivity index is 2.04. The van der Waals surface area contributed by atoms with Gasteiger partial charge >= 0.3 is 0 Å². The van der Waals surface area contributed by atoms with E-state index in [-0.39, 0.29) is 17.4 Å². The molecule has 172 valence electrons. The molecule has 2 aromatic rings. The third kappa shape index (κ3) is 5.00. The van der Waals surface area contributed by atoms with Crippen LogP contribution in [-0.2, 0) is 4.79 Å². The predicted octanol–water partition coefficient (Wildman–Crippen LogP) is 3.80. The third-order valence-corrected chi connectivity index (χ3v) is 6.11. The maximum absolute atomic E-state index is 12.8. The average Bonchev–Trinajstić information content (AvgIpc) is 2.79. The normalized spacial score (nSPS) is 18.2. The Morgan fingerprint density at radius 3 is 2.59 bits per heavy atom. The van der Waals surface area contributed by atoms with Crippen LogP contribution in [0.5, 0.6) is 5.75 Å². The number of nitrogens with zero attached hydrogens (tertiary/aromatic N) is 1. The maximum atomic E-state index is 12.8. The molecule has 0 aliphatic heterocycles. The second-order valence-corrected chi connectivity index (χ2v) is 8.26. The summed E-state index contributed by atoms with van der Waals surface area (Å²) in [5.74, 6) is 1.06. The van der Waals surface area contributed by atoms with Crippen molar-refractivity contribution in [2.24, 2.45) is 11.7 Å². The van der Waals surface area contributed by atoms with Crippen molar-refractivity contribution in [1.82, 2.24) is 9.97 Å². The van der Waals surface area contributed by atoms with Crippen molar-refractivity contribution in [1.29, 1.82) is 5.41 Å². The molecule has 1 fully saturated rings. The molecule has 1 heterocycles. The molecule has 1 aliphatic carbocycles. The first-order valence-corrected chi connectivity index (χ1v) is 11.4. The van der Waals surface area contributed by atoms with E-state index in [2.05, 4.69) is 15.3 Å². The fourth-order valence-electron chi connectivity index (χ4n) is 4.40. The molecule has 0 unspecified atom stereocenters. The van der Waals surface area contributed by atoms with Gasteiger partial charge < -0.3 is 26.2 Å². The summed E-state index contributed by atoms with van der Waals surface area (Å²) in [6.45, 7) is 4.38. The van der Waals surface area contributed by atoms with Gasteiger partial charge in [-0.1, -0.05) is 19.4 Å². The van der Waals surface area contributed by atoms with E-state index in [4.69, 9.17) is 15.9 Å². The zero-order valence-corrected chi connectivity index (χ0v) is 19.1. The number of rotatable bonds is 9. The Hall–Kier alpha value is -3.16. The van der Waals surface area contributed by atoms with Crippen molar-refractivity contribution in [3.63, 3.8) is 0 Å². The second-order valence-electron chi connectivity index (χ2n) is 8.26. The highest BCUT2D eigenvalue weighted by molar-refractivity contribution is 6.01. The highest BCUT2D eigenvalue weighted by Crippen LogP contribution is 2.39. The lowest BCUT2D eigenvalue weighted by molar-refractivity contribution is -0.122. The summed E-state index contributed by atoms with van der Waals surface area (Å²) in [4.78, 5) is 31.8. The molecule has 1 amide bonds. The van der Waals surface area contributed by atoms with E-state index < -0.39 is 0 Å². The van der Waals surface area contributed by atoms with E-state index in [0.717, 1.165) is 37.7 Å². The number of nitrogens with one attached hydrogen (secondary N) is 3. The molecule has 5 N–H and O–H groups in total. The molecular formula is C24H33N5O3. The molecular weight excluding hydrogens is 406 g/mol. The Morgan fingerprint density at radius 2 is 2.00 bits per heavy atom. The van der Waals surface area contributed by atoms with Gasteiger partial charge in [-0.25, -0.2) is 4.98 Å². The minimum Gasteiger partial charge on any atom is -0.493 e. The number of amides is 1. The number of aromatic amines is 1. The van der Waals surface area contributed by atoms with Gasteiger partial charge in [0.25, 0.3) is 5.56 Å². The summed E-state index contributed by atoms with van der Waals surface area (Å²) in [5, 5.41) is 11.3. The Bertz CT molecular complexity index is 1040. The topological polar surface area (TPSA) is 134 Å². The van der Waals surface area contributed by atoms with Gasteiger partial charge in [0.15, 0.2) is 0 Å². The standard InChI is InChI=1S/C24H33N5O3/c1-4-6-18(25)20-21(27-3)24(31)29-23(28-20)17-13-16(11-12-19(17)32-5-2)14-7-9-15(10-8-14)22(26)30/h11-15,25,27H,4-10H2,1-3H3,(H2,26,30)(H,28,29,31). The van der Waals surface area contributed by atoms with E-state index in [1.54, 1.807) is 7.05 Å². The quantitative estimate of drug-likeness (QED) is 0.441. The highest BCUT2D eigenvalue weighted by atomic mass is 16.5. The highest BCUT2D eigenvalue weighted by Gasteiger charge is 2.26. The van der Waals surface area contributed by atoms with Crippen LogP contribution in [0.1, 0.15) is 69.5 Å². The zero-order valence-electron chi connectivity index (χ0n) is 19.1. The van der Waals surface area contributed by atoms with Gasteiger partial charge in [0.2, 0.25) is 5.91 Å². The summed E-state index contributed by atoms with van der Waals surface area (Å²) in [5.41, 5.74) is 7.97. The molecule has 8 nitrogen and oxygen atoms in total. The number of carbonyl (C=O) groups is 1. The molecule has 0 radical (unpaired) electrons. The van der Waals surface area contributed by atoms with Crippen LogP contribution in [0.2, 0.25) is 0 Å². The Kier molecular flexibility index (Phi) is 7.66. The molecule has 3 rings (SSSR count). The van der Waals surface area contributed by atoms with Crippen LogP contribution in [0.25, 0.3) is 11.4 Å². The number of anilines is 1. The molecule has 32 heavy (non-hydrogen) atoms. The van der Waals surface area contributed by atoms with Crippen molar-refractivity contribution in [2.45, 2.75) is 58.3 Å². The molecule has 8 heteroatoms. The smallest absolute Gasteiger partial charge is 0.275 e. The summed E-state index contributed by atoms with van der Waals surface area (Å²) in [7, 11) is 1.66. The minimum atomic E-state index is -0.317. The van der Waals surface area contributed by atoms with Crippen molar-refractivity contribution < 1.29 is 9.53 Å². The Morgan fingerprint density at radius 1 is 1.28 bits per heavy atom. The number of hydrogen-bond donors (Lipinski definition) is 4. The second kappa shape index (κ2) is 10.4. The van der Waals surface area contributed by atoms with Crippen molar-refractivity contribution >= 4 is 17.3 Å². The molecule has 1 aliphatic rings. The largest absolute Gasteiger partial charge is 0.493 e. The first-order chi connectivity index (χ1) is 15.4. The van der Waals surface area contributed by atoms with E-state index in [9.17, 15) is 9.59 Å². The first-order valence-electron chi connectivity index (χ1n) is 11.4. The number of H-pyrrole nitrogens is 1. The van der Waals surface area contributed by atoms with Gasteiger partial charge in [-0.05, 0) is 62.6 Å². The fourth-order valence-corrected chi connectivity index (χ4v) is 4.40. The number of carbonyl (C=O) groups excluding carboxylic acids is 1. The molecule has 0 atom stereocenters. The molecule has 1 aromatic carbocycles. The lowest BCUT2D eigenvalue weighted by Crippen LogP contribution is -2.27. The lowest BCUT2D eigenvalue weighted by Gasteiger charge is -2.27. The fraction of sp³-hybridized carbons (Fsp3) is 0.500. The molecule has 0 saturated heterocycles. The SMILES string of the molecule is CCCC(=N)c1nc(-c2cc(C3CCC(C(N)=O)CC3)ccc2OCC)[nH]c(=O)c1NC. The minimum absolute atomic E-state index is 0.0485. The van der Waals surface area contributed by atoms with Crippen LogP contribution in [0.4, 0.5) is 5.69 Å². The van der Waals surface area contributed by atoms with Crippen LogP contribution in [0, 0.1) is 11.3 Å². The summed E-state index contributed by atoms with van der Waals surface area (Å²) in [6.07, 6.45) is 4.66. The van der Waals surface area contributed by atoms with Crippen molar-refractivity contribution in [2.75, 3.05) is 19.0 Å². The van der Waals surface area contributed by atoms with Crippen LogP contribution in [-0.4, -0.2) is 35.2 Å². The number of benzene rings is 1. The van der Waals surface area contributed by atoms with E-state index >= 15 is 0 Å². The van der Waals surface area contributed by atoms with Crippen LogP contribution in [0.3, 0.4) is 0 Å². The van der Waals surface area contributed by atoms with Gasteiger partial charge in [0.05, 0.1) is 17.9 Å². The van der Waals surface area contributed by atoms with Crippen LogP contribution >= 0.6 is 0 Å². The Labute approximate surface area is 188 Å². The van der Waals surface area contributed by atoms with E-state index in [0.29, 0.717) is 53.2 Å². The molecule has 1 saturated carbocycles. The third-order valence-electron chi connectivity index (χ3n) is 6.11. The van der Waals surface area contributed by atoms with Gasteiger partial charge in [0, 0.05) is 13.0 Å². The predicted molar refractivity (Wildman–Crippen MR) is 127 cm³/mol. The average molecular weight is 440 g/mol. The number of ether oxygens (including phenoxy) is 1. The van der Waals surface area contributed by atoms with Crippen LogP contribution in [0.15, 0.2) is 23.0 Å². The van der Waals surface area contributed by atoms with Crippen molar-refractivity contribution in [3.05, 3.63) is 39.8 Å². The monoisotopic (exact) mass is 439 g/mol. The zero-order chi connectivity index (χ0) is 23.3. The van der Waals surface area contributed by atoms with Gasteiger partial charge in [-0.2, -0.15) is 0 Å². The number of aromatic nitrogens is 2. The lowest BCUT2D eigenvalue weighted by atomic mass is 9.78. The number of nitrogens with two attached hydrogens (primary N) is 1. The van der Waals surface area contributed by atoms with E-state index in [1.165, 1.54) is 0 Å². The number of hydrogen-bond acceptors (Lipinski definition) is 6. The van der Waals surface area contributed by atoms with E-state index in [1.807, 2.05) is 32.0 Å². The van der Waals surface area contributed by atoms with Gasteiger partial charge in [0.1, 0.15) is 23.0 Å². The first kappa shape index (κ1) is 23.5. The maximum Gasteiger partial charge on any atom is 0.275 e. The summed E-state index contributed by atoms with van der Waals surface area (Å²) < 4.78 is 5.83. The number of primary amides is 1. The van der Waals surface area contributed by atoms with Gasteiger partial charge in [-0.15, -0.1) is 0 Å². The van der Waals surface area contributed by atoms with Crippen LogP contribution < -0.4 is 21.3 Å². The molecule has 0 spiro atoms. The summed E-state index contributed by atoms with van der Waals surface area (Å²) in [6, 6.07) is 5.98. The summed E-state index contributed by atoms with van der Waals surface area (Å²) >= 11 is 0. The van der Waals surface area contributed by atoms with Crippen molar-refractivity contribution in [3.8, 4) is 17.1 Å².